The van der Waals surface area contributed by atoms with Crippen molar-refractivity contribution >= 4 is 60.6 Å². The van der Waals surface area contributed by atoms with E-state index >= 15 is 0 Å². The summed E-state index contributed by atoms with van der Waals surface area (Å²) >= 11 is 6.56. The second-order valence-electron chi connectivity index (χ2n) is 6.79. The minimum atomic E-state index is -1.11. The average Bonchev–Trinajstić information content (AvgIpc) is 2.75. The lowest BCUT2D eigenvalue weighted by molar-refractivity contribution is -0.386. The van der Waals surface area contributed by atoms with E-state index in [9.17, 15) is 19.7 Å². The average molecular weight is 582 g/mol. The fourth-order valence-electron chi connectivity index (χ4n) is 2.96. The van der Waals surface area contributed by atoms with E-state index in [1.807, 2.05) is 0 Å². The summed E-state index contributed by atoms with van der Waals surface area (Å²) in [6, 6.07) is 7.89. The van der Waals surface area contributed by atoms with Crippen LogP contribution in [0.25, 0.3) is 10.9 Å². The van der Waals surface area contributed by atoms with Gasteiger partial charge in [0.15, 0.2) is 6.10 Å². The number of benzene rings is 2. The van der Waals surface area contributed by atoms with Crippen molar-refractivity contribution in [3.8, 4) is 5.75 Å². The van der Waals surface area contributed by atoms with Crippen LogP contribution in [0.1, 0.15) is 25.2 Å². The van der Waals surface area contributed by atoms with Gasteiger partial charge in [-0.3, -0.25) is 14.9 Å². The summed E-state index contributed by atoms with van der Waals surface area (Å²) in [6.07, 6.45) is 0.131. The molecule has 0 saturated heterocycles. The molecule has 3 aromatic rings. The summed E-state index contributed by atoms with van der Waals surface area (Å²) in [4.78, 5) is 40.4. The van der Waals surface area contributed by atoms with Gasteiger partial charge in [0.1, 0.15) is 5.82 Å². The molecule has 0 fully saturated rings. The van der Waals surface area contributed by atoms with Crippen molar-refractivity contribution in [2.75, 3.05) is 6.61 Å². The third-order valence-electron chi connectivity index (χ3n) is 4.46. The second-order valence-corrected chi connectivity index (χ2v) is 8.63. The van der Waals surface area contributed by atoms with Crippen molar-refractivity contribution in [2.24, 2.45) is 5.10 Å². The van der Waals surface area contributed by atoms with Gasteiger partial charge in [0.2, 0.25) is 5.75 Å². The molecule has 12 heteroatoms. The summed E-state index contributed by atoms with van der Waals surface area (Å²) < 4.78 is 12.7. The van der Waals surface area contributed by atoms with Gasteiger partial charge in [-0.2, -0.15) is 9.78 Å². The SMILES string of the molecule is CCOC(=O)[C@@H](C)Oc1c(C=Nn2c(C)nc3ccc(Br)cc3c2=O)cc(Br)cc1[N+](=O)[O-]. The number of ether oxygens (including phenoxy) is 2. The van der Waals surface area contributed by atoms with Gasteiger partial charge in [0.25, 0.3) is 5.56 Å². The maximum atomic E-state index is 13.0. The van der Waals surface area contributed by atoms with E-state index in [0.717, 1.165) is 4.68 Å². The highest BCUT2D eigenvalue weighted by Gasteiger charge is 2.25. The summed E-state index contributed by atoms with van der Waals surface area (Å²) in [5.74, 6) is -0.540. The molecule has 10 nitrogen and oxygen atoms in total. The molecular weight excluding hydrogens is 564 g/mol. The minimum absolute atomic E-state index is 0.135. The van der Waals surface area contributed by atoms with Crippen molar-refractivity contribution in [3.63, 3.8) is 0 Å². The molecule has 2 aromatic carbocycles. The Bertz CT molecular complexity index is 1340. The Morgan fingerprint density at radius 1 is 1.30 bits per heavy atom. The fraction of sp³-hybridized carbons (Fsp3) is 0.238. The fourth-order valence-corrected chi connectivity index (χ4v) is 3.78. The third-order valence-corrected chi connectivity index (χ3v) is 5.41. The van der Waals surface area contributed by atoms with Gasteiger partial charge in [0, 0.05) is 20.6 Å². The summed E-state index contributed by atoms with van der Waals surface area (Å²) in [5.41, 5.74) is -0.112. The van der Waals surface area contributed by atoms with Crippen molar-refractivity contribution < 1.29 is 19.2 Å². The first-order valence-corrected chi connectivity index (χ1v) is 11.3. The monoisotopic (exact) mass is 580 g/mol. The van der Waals surface area contributed by atoms with Crippen LogP contribution < -0.4 is 10.3 Å². The Labute approximate surface area is 204 Å². The Morgan fingerprint density at radius 3 is 2.70 bits per heavy atom. The van der Waals surface area contributed by atoms with Crippen LogP contribution in [0.5, 0.6) is 5.75 Å². The van der Waals surface area contributed by atoms with Crippen molar-refractivity contribution in [2.45, 2.75) is 26.9 Å². The lowest BCUT2D eigenvalue weighted by Gasteiger charge is -2.15. The van der Waals surface area contributed by atoms with Crippen LogP contribution in [0.3, 0.4) is 0 Å². The van der Waals surface area contributed by atoms with E-state index in [0.29, 0.717) is 25.7 Å². The highest BCUT2D eigenvalue weighted by atomic mass is 79.9. The van der Waals surface area contributed by atoms with Crippen LogP contribution in [0, 0.1) is 17.0 Å². The van der Waals surface area contributed by atoms with Crippen molar-refractivity contribution in [1.29, 1.82) is 0 Å². The summed E-state index contributed by atoms with van der Waals surface area (Å²) in [5, 5.41) is 16.2. The molecule has 0 aliphatic rings. The van der Waals surface area contributed by atoms with E-state index in [1.165, 1.54) is 25.3 Å². The molecule has 0 N–H and O–H groups in total. The predicted molar refractivity (Wildman–Crippen MR) is 129 cm³/mol. The number of fused-ring (bicyclic) bond motifs is 1. The number of hydrogen-bond acceptors (Lipinski definition) is 8. The van der Waals surface area contributed by atoms with Gasteiger partial charge >= 0.3 is 11.7 Å². The van der Waals surface area contributed by atoms with Crippen LogP contribution in [0.15, 0.2) is 49.2 Å². The van der Waals surface area contributed by atoms with Crippen molar-refractivity contribution in [1.82, 2.24) is 9.66 Å². The van der Waals surface area contributed by atoms with Crippen LogP contribution in [-0.2, 0) is 9.53 Å². The first-order chi connectivity index (χ1) is 15.6. The number of nitrogens with zero attached hydrogens (tertiary/aromatic N) is 4. The number of aromatic nitrogens is 2. The molecule has 1 aromatic heterocycles. The zero-order chi connectivity index (χ0) is 24.3. The lowest BCUT2D eigenvalue weighted by atomic mass is 10.2. The van der Waals surface area contributed by atoms with Crippen LogP contribution in [0.4, 0.5) is 5.69 Å². The highest BCUT2D eigenvalue weighted by molar-refractivity contribution is 9.10. The predicted octanol–water partition coefficient (Wildman–Crippen LogP) is 4.35. The Hall–Kier alpha value is -3.12. The smallest absolute Gasteiger partial charge is 0.347 e. The number of halogens is 2. The Balaban J connectivity index is 2.12. The number of hydrogen-bond donors (Lipinski definition) is 0. The minimum Gasteiger partial charge on any atom is -0.471 e. The van der Waals surface area contributed by atoms with Crippen molar-refractivity contribution in [3.05, 3.63) is 71.1 Å². The first-order valence-electron chi connectivity index (χ1n) is 9.66. The van der Waals surface area contributed by atoms with E-state index in [2.05, 4.69) is 41.9 Å². The molecule has 0 aliphatic heterocycles. The zero-order valence-corrected chi connectivity index (χ0v) is 20.9. The van der Waals surface area contributed by atoms with E-state index in [-0.39, 0.29) is 23.6 Å². The normalized spacial score (nSPS) is 12.2. The molecule has 0 aliphatic carbocycles. The molecule has 0 saturated carbocycles. The van der Waals surface area contributed by atoms with Gasteiger partial charge in [0.05, 0.1) is 28.6 Å². The zero-order valence-electron chi connectivity index (χ0n) is 17.7. The standard InChI is InChI=1S/C21H18Br2N4O6/c1-4-32-21(29)11(2)33-19-13(7-15(23)9-18(19)27(30)31)10-24-26-12(3)25-17-6-5-14(22)8-16(17)20(26)28/h5-11H,4H2,1-3H3/t11-/m1/s1. The summed E-state index contributed by atoms with van der Waals surface area (Å²) in [7, 11) is 0. The quantitative estimate of drug-likeness (QED) is 0.176. The number of aryl methyl sites for hydroxylation is 1. The van der Waals surface area contributed by atoms with Gasteiger partial charge in [-0.15, -0.1) is 0 Å². The topological polar surface area (TPSA) is 126 Å². The molecule has 3 rings (SSSR count). The molecule has 33 heavy (non-hydrogen) atoms. The van der Waals surface area contributed by atoms with E-state index in [4.69, 9.17) is 9.47 Å². The largest absolute Gasteiger partial charge is 0.471 e. The van der Waals surface area contributed by atoms with Gasteiger partial charge in [-0.05, 0) is 45.0 Å². The van der Waals surface area contributed by atoms with Gasteiger partial charge in [-0.1, -0.05) is 31.9 Å². The van der Waals surface area contributed by atoms with E-state index in [1.54, 1.807) is 32.0 Å². The molecule has 1 atom stereocenters. The molecule has 1 heterocycles. The maximum absolute atomic E-state index is 13.0. The van der Waals surface area contributed by atoms with Gasteiger partial charge < -0.3 is 9.47 Å². The summed E-state index contributed by atoms with van der Waals surface area (Å²) in [6.45, 7) is 4.81. The number of rotatable bonds is 7. The molecule has 0 bridgehead atoms. The number of nitro groups is 1. The molecular formula is C21H18Br2N4O6. The maximum Gasteiger partial charge on any atom is 0.347 e. The number of carbonyl (C=O) groups excluding carboxylic acids is 1. The Morgan fingerprint density at radius 2 is 2.03 bits per heavy atom. The lowest BCUT2D eigenvalue weighted by Crippen LogP contribution is -2.27. The number of carbonyl (C=O) groups is 1. The molecule has 0 unspecified atom stereocenters. The number of nitro benzene ring substituents is 1. The highest BCUT2D eigenvalue weighted by Crippen LogP contribution is 2.34. The van der Waals surface area contributed by atoms with Crippen LogP contribution in [0.2, 0.25) is 0 Å². The molecule has 0 amide bonds. The van der Waals surface area contributed by atoms with Crippen LogP contribution in [-0.4, -0.2) is 39.5 Å². The third kappa shape index (κ3) is 5.45. The molecule has 0 spiro atoms. The van der Waals surface area contributed by atoms with Gasteiger partial charge in [-0.25, -0.2) is 9.78 Å². The van der Waals surface area contributed by atoms with Crippen LogP contribution >= 0.6 is 31.9 Å². The second kappa shape index (κ2) is 10.2. The molecule has 172 valence electrons. The molecule has 0 radical (unpaired) electrons. The Kier molecular flexibility index (Phi) is 7.59. The number of esters is 1. The van der Waals surface area contributed by atoms with E-state index < -0.39 is 22.6 Å². The first kappa shape index (κ1) is 24.5.